The Morgan fingerprint density at radius 1 is 1.21 bits per heavy atom. The van der Waals surface area contributed by atoms with E-state index < -0.39 is 12.3 Å². The third-order valence-corrected chi connectivity index (χ3v) is 5.43. The Balaban J connectivity index is 1.56. The number of nitrogens with one attached hydrogen (secondary N) is 1. The van der Waals surface area contributed by atoms with Crippen LogP contribution in [0.1, 0.15) is 18.4 Å². The molecule has 0 spiro atoms. The molecule has 2 aliphatic rings. The van der Waals surface area contributed by atoms with Crippen LogP contribution in [0.2, 0.25) is 0 Å². The lowest BCUT2D eigenvalue weighted by atomic mass is 10.0. The molecule has 2 atom stereocenters. The van der Waals surface area contributed by atoms with Gasteiger partial charge in [0.2, 0.25) is 5.95 Å². The fourth-order valence-electron chi connectivity index (χ4n) is 4.00. The van der Waals surface area contributed by atoms with E-state index in [0.29, 0.717) is 5.95 Å². The summed E-state index contributed by atoms with van der Waals surface area (Å²) in [6.45, 7) is 0.579. The molecule has 2 fully saturated rings. The van der Waals surface area contributed by atoms with E-state index in [1.165, 1.54) is 16.5 Å². The second-order valence-electron chi connectivity index (χ2n) is 7.45. The van der Waals surface area contributed by atoms with Crippen molar-refractivity contribution < 1.29 is 17.9 Å². The first-order valence-electron chi connectivity index (χ1n) is 9.75. The molecular weight excluding hydrogens is 385 g/mol. The van der Waals surface area contributed by atoms with Crippen molar-refractivity contribution in [2.75, 3.05) is 36.0 Å². The van der Waals surface area contributed by atoms with Crippen molar-refractivity contribution in [1.82, 2.24) is 9.97 Å². The molecule has 0 unspecified atom stereocenters. The summed E-state index contributed by atoms with van der Waals surface area (Å²) >= 11 is 0. The van der Waals surface area contributed by atoms with Crippen LogP contribution in [0.5, 0.6) is 0 Å². The zero-order chi connectivity index (χ0) is 20.4. The summed E-state index contributed by atoms with van der Waals surface area (Å²) in [6, 6.07) is 11.5. The second-order valence-corrected chi connectivity index (χ2v) is 7.45. The molecule has 3 heterocycles. The molecule has 0 saturated carbocycles. The van der Waals surface area contributed by atoms with Crippen LogP contribution in [0.3, 0.4) is 0 Å². The van der Waals surface area contributed by atoms with E-state index in [9.17, 15) is 18.0 Å². The monoisotopic (exact) mass is 408 g/mol. The van der Waals surface area contributed by atoms with Gasteiger partial charge in [-0.3, -0.25) is 9.78 Å². The number of hydrogen-bond donors (Lipinski definition) is 1. The maximum Gasteiger partial charge on any atom is 0.416 e. The summed E-state index contributed by atoms with van der Waals surface area (Å²) < 4.78 is 44.0. The predicted molar refractivity (Wildman–Crippen MR) is 103 cm³/mol. The number of halogens is 3. The van der Waals surface area contributed by atoms with Gasteiger partial charge in [-0.05, 0) is 24.8 Å². The molecule has 6 nitrogen and oxygen atoms in total. The molecule has 1 aromatic heterocycles. The van der Waals surface area contributed by atoms with Gasteiger partial charge in [-0.1, -0.05) is 30.3 Å². The van der Waals surface area contributed by atoms with Crippen LogP contribution < -0.4 is 15.4 Å². The van der Waals surface area contributed by atoms with E-state index in [-0.39, 0.29) is 37.1 Å². The molecule has 0 bridgehead atoms. The van der Waals surface area contributed by atoms with Crippen molar-refractivity contribution >= 4 is 11.8 Å². The smallest absolute Gasteiger partial charge is 0.365 e. The van der Waals surface area contributed by atoms with Gasteiger partial charge in [0.25, 0.3) is 5.56 Å². The molecule has 0 amide bonds. The lowest BCUT2D eigenvalue weighted by Crippen LogP contribution is -2.49. The van der Waals surface area contributed by atoms with Crippen molar-refractivity contribution in [2.45, 2.75) is 37.6 Å². The molecule has 1 N–H and O–H groups in total. The molecule has 4 rings (SSSR count). The van der Waals surface area contributed by atoms with Gasteiger partial charge in [0, 0.05) is 25.2 Å². The number of rotatable bonds is 4. The maximum absolute atomic E-state index is 13.0. The summed E-state index contributed by atoms with van der Waals surface area (Å²) in [6.07, 6.45) is -3.56. The average Bonchev–Trinajstić information content (AvgIpc) is 3.16. The van der Waals surface area contributed by atoms with Crippen LogP contribution in [0, 0.1) is 0 Å². The standard InChI is InChI=1S/C20H23F3N4O2/c21-20(22,23)16-13-26(9-10-29-16)17-12-18(28)25-19(24-17)27-8-4-7-15(27)11-14-5-2-1-3-6-14/h1-3,5-6,12,15-16H,4,7-11,13H2,(H,24,25,28)/t15-,16+/m0/s1. The molecule has 0 radical (unpaired) electrons. The zero-order valence-electron chi connectivity index (χ0n) is 15.9. The predicted octanol–water partition coefficient (Wildman–Crippen LogP) is 2.75. The van der Waals surface area contributed by atoms with E-state index in [1.54, 1.807) is 0 Å². The van der Waals surface area contributed by atoms with E-state index in [0.717, 1.165) is 25.8 Å². The molecule has 156 valence electrons. The number of aromatic nitrogens is 2. The van der Waals surface area contributed by atoms with Gasteiger partial charge in [0.05, 0.1) is 13.2 Å². The maximum atomic E-state index is 13.0. The summed E-state index contributed by atoms with van der Waals surface area (Å²) in [7, 11) is 0. The van der Waals surface area contributed by atoms with Gasteiger partial charge in [-0.25, -0.2) is 0 Å². The van der Waals surface area contributed by atoms with Crippen molar-refractivity contribution in [3.63, 3.8) is 0 Å². The van der Waals surface area contributed by atoms with E-state index in [1.807, 2.05) is 18.2 Å². The SMILES string of the molecule is O=c1cc(N2CCO[C@@H](C(F)(F)F)C2)nc(N2CCC[C@H]2Cc2ccccc2)[nH]1. The van der Waals surface area contributed by atoms with E-state index >= 15 is 0 Å². The van der Waals surface area contributed by atoms with E-state index in [4.69, 9.17) is 4.74 Å². The number of hydrogen-bond acceptors (Lipinski definition) is 5. The summed E-state index contributed by atoms with van der Waals surface area (Å²) in [4.78, 5) is 23.1. The fraction of sp³-hybridized carbons (Fsp3) is 0.500. The Kier molecular flexibility index (Phi) is 5.49. The third kappa shape index (κ3) is 4.55. The highest BCUT2D eigenvalue weighted by Crippen LogP contribution is 2.29. The molecule has 0 aliphatic carbocycles. The lowest BCUT2D eigenvalue weighted by Gasteiger charge is -2.35. The fourth-order valence-corrected chi connectivity index (χ4v) is 4.00. The van der Waals surface area contributed by atoms with Crippen LogP contribution in [-0.4, -0.2) is 54.5 Å². The van der Waals surface area contributed by atoms with Crippen molar-refractivity contribution in [1.29, 1.82) is 0 Å². The third-order valence-electron chi connectivity index (χ3n) is 5.43. The van der Waals surface area contributed by atoms with Gasteiger partial charge >= 0.3 is 6.18 Å². The summed E-state index contributed by atoms with van der Waals surface area (Å²) in [5.74, 6) is 0.674. The van der Waals surface area contributed by atoms with Crippen LogP contribution in [0.15, 0.2) is 41.2 Å². The number of morpholine rings is 1. The Hall–Kier alpha value is -2.55. The number of aromatic amines is 1. The number of nitrogens with zero attached hydrogens (tertiary/aromatic N) is 3. The van der Waals surface area contributed by atoms with Gasteiger partial charge in [-0.2, -0.15) is 18.2 Å². The largest absolute Gasteiger partial charge is 0.416 e. The first-order chi connectivity index (χ1) is 13.9. The zero-order valence-corrected chi connectivity index (χ0v) is 15.9. The molecule has 2 aliphatic heterocycles. The van der Waals surface area contributed by atoms with Gasteiger partial charge < -0.3 is 14.5 Å². The van der Waals surface area contributed by atoms with Crippen LogP contribution in [0.4, 0.5) is 24.9 Å². The number of alkyl halides is 3. The molecule has 9 heteroatoms. The number of H-pyrrole nitrogens is 1. The molecule has 29 heavy (non-hydrogen) atoms. The van der Waals surface area contributed by atoms with Gasteiger partial charge in [0.15, 0.2) is 6.10 Å². The Bertz CT molecular complexity index is 887. The summed E-state index contributed by atoms with van der Waals surface area (Å²) in [5, 5.41) is 0. The Morgan fingerprint density at radius 3 is 2.76 bits per heavy atom. The number of benzene rings is 1. The Labute approximate surface area is 166 Å². The number of ether oxygens (including phenoxy) is 1. The second kappa shape index (κ2) is 8.06. The highest BCUT2D eigenvalue weighted by molar-refractivity contribution is 5.45. The van der Waals surface area contributed by atoms with Crippen LogP contribution >= 0.6 is 0 Å². The minimum absolute atomic E-state index is 0.0612. The topological polar surface area (TPSA) is 61.5 Å². The highest BCUT2D eigenvalue weighted by atomic mass is 19.4. The van der Waals surface area contributed by atoms with Gasteiger partial charge in [-0.15, -0.1) is 0 Å². The molecular formula is C20H23F3N4O2. The summed E-state index contributed by atoms with van der Waals surface area (Å²) in [5.41, 5.74) is 0.828. The first kappa shape index (κ1) is 19.8. The quantitative estimate of drug-likeness (QED) is 0.843. The van der Waals surface area contributed by atoms with Crippen molar-refractivity contribution in [3.8, 4) is 0 Å². The highest BCUT2D eigenvalue weighted by Gasteiger charge is 2.43. The van der Waals surface area contributed by atoms with Crippen LogP contribution in [-0.2, 0) is 11.2 Å². The number of anilines is 2. The molecule has 2 saturated heterocycles. The van der Waals surface area contributed by atoms with Crippen molar-refractivity contribution in [2.24, 2.45) is 0 Å². The lowest BCUT2D eigenvalue weighted by molar-refractivity contribution is -0.221. The van der Waals surface area contributed by atoms with Crippen LogP contribution in [0.25, 0.3) is 0 Å². The molecule has 2 aromatic rings. The normalized spacial score (nSPS) is 22.9. The average molecular weight is 408 g/mol. The minimum atomic E-state index is -4.45. The molecule has 1 aromatic carbocycles. The minimum Gasteiger partial charge on any atom is -0.365 e. The van der Waals surface area contributed by atoms with E-state index in [2.05, 4.69) is 27.0 Å². The van der Waals surface area contributed by atoms with Gasteiger partial charge in [0.1, 0.15) is 5.82 Å². The first-order valence-corrected chi connectivity index (χ1v) is 9.75. The van der Waals surface area contributed by atoms with Crippen molar-refractivity contribution in [3.05, 3.63) is 52.3 Å². The Morgan fingerprint density at radius 2 is 2.00 bits per heavy atom.